The van der Waals surface area contributed by atoms with Gasteiger partial charge in [-0.3, -0.25) is 4.98 Å². The third-order valence-electron chi connectivity index (χ3n) is 7.01. The van der Waals surface area contributed by atoms with Crippen LogP contribution in [0.5, 0.6) is 0 Å². The molecule has 3 atom stereocenters. The minimum absolute atomic E-state index is 0.0307. The van der Waals surface area contributed by atoms with Gasteiger partial charge in [0.05, 0.1) is 6.04 Å². The molecule has 5 nitrogen and oxygen atoms in total. The lowest BCUT2D eigenvalue weighted by Gasteiger charge is -2.39. The molecule has 0 spiro atoms. The van der Waals surface area contributed by atoms with Crippen LogP contribution in [0, 0.1) is 17.5 Å². The number of hydrazine groups is 1. The zero-order chi connectivity index (χ0) is 29.9. The fourth-order valence-corrected chi connectivity index (χ4v) is 6.04. The summed E-state index contributed by atoms with van der Waals surface area (Å²) >= 11 is 0. The van der Waals surface area contributed by atoms with Crippen molar-refractivity contribution in [2.75, 3.05) is 5.75 Å². The fourth-order valence-electron chi connectivity index (χ4n) is 4.80. The molecular weight excluding hydrogens is 543 g/mol. The van der Waals surface area contributed by atoms with E-state index in [1.807, 2.05) is 6.07 Å². The third kappa shape index (κ3) is 6.92. The first-order valence-corrected chi connectivity index (χ1v) is 14.8. The van der Waals surface area contributed by atoms with Gasteiger partial charge in [0.15, 0.2) is 11.6 Å². The lowest BCUT2D eigenvalue weighted by atomic mass is 9.90. The Kier molecular flexibility index (Phi) is 9.09. The van der Waals surface area contributed by atoms with Crippen LogP contribution in [0.2, 0.25) is 0 Å². The molecule has 0 amide bonds. The van der Waals surface area contributed by atoms with Crippen molar-refractivity contribution in [1.82, 2.24) is 14.9 Å². The Bertz CT molecular complexity index is 1510. The summed E-state index contributed by atoms with van der Waals surface area (Å²) in [5.41, 5.74) is 9.10. The Labute approximate surface area is 242 Å². The molecule has 2 heterocycles. The van der Waals surface area contributed by atoms with Crippen molar-refractivity contribution < 1.29 is 13.2 Å². The lowest BCUT2D eigenvalue weighted by Crippen LogP contribution is -2.41. The second-order valence-corrected chi connectivity index (χ2v) is 12.8. The molecule has 3 aromatic rings. The lowest BCUT2D eigenvalue weighted by molar-refractivity contribution is 0.216. The van der Waals surface area contributed by atoms with Gasteiger partial charge in [0.2, 0.25) is 0 Å². The van der Waals surface area contributed by atoms with Gasteiger partial charge in [0.1, 0.15) is 11.9 Å². The highest BCUT2D eigenvalue weighted by Crippen LogP contribution is 2.37. The minimum atomic E-state index is -1.00. The Hall–Kier alpha value is -3.82. The third-order valence-corrected chi connectivity index (χ3v) is 8.32. The predicted molar refractivity (Wildman–Crippen MR) is 164 cm³/mol. The van der Waals surface area contributed by atoms with Gasteiger partial charge in [0, 0.05) is 53.3 Å². The largest absolute Gasteiger partial charge is 0.403 e. The van der Waals surface area contributed by atoms with Gasteiger partial charge in [-0.15, -0.1) is 0 Å². The zero-order valence-corrected chi connectivity index (χ0v) is 24.3. The van der Waals surface area contributed by atoms with E-state index in [-0.39, 0.29) is 27.5 Å². The van der Waals surface area contributed by atoms with Crippen molar-refractivity contribution in [1.29, 1.82) is 0 Å². The quantitative estimate of drug-likeness (QED) is 0.167. The van der Waals surface area contributed by atoms with Crippen LogP contribution in [0.3, 0.4) is 0 Å². The molecule has 4 rings (SSSR count). The maximum atomic E-state index is 15.8. The summed E-state index contributed by atoms with van der Waals surface area (Å²) in [5, 5.41) is 3.41. The summed E-state index contributed by atoms with van der Waals surface area (Å²) in [7, 11) is -0.157. The topological polar surface area (TPSA) is 71.4 Å². The number of nitrogens with zero attached hydrogens (tertiary/aromatic N) is 3. The smallest absolute Gasteiger partial charge is 0.159 e. The van der Waals surface area contributed by atoms with Gasteiger partial charge >= 0.3 is 0 Å². The summed E-state index contributed by atoms with van der Waals surface area (Å²) in [5.74, 6) is 8.90. The van der Waals surface area contributed by atoms with E-state index in [9.17, 15) is 8.78 Å². The first-order valence-electron chi connectivity index (χ1n) is 13.1. The number of pyridine rings is 1. The SMILES string of the molecule is C=C(C(c1ccc(-c2ccc(F)c(F)c2)cc1F)N(N)/C=C\N)N(Cc1ccnc(C(C)(C)C)c1)C1C=CS(=C)C1. The standard InChI is InChI=1S/C32H36F3N5S/c1-21(39(25-11-15-41(5)20-25)19-22-10-13-38-30(16-22)32(2,3)4)31(40(37)14-12-36)26-8-6-23(17-28(26)34)24-7-9-27(33)29(35)18-24/h6-18,25,31H,1,5,19-20,36-37H2,2-4H3/b14-12-. The Morgan fingerprint density at radius 1 is 1.07 bits per heavy atom. The van der Waals surface area contributed by atoms with E-state index in [1.54, 1.807) is 18.3 Å². The summed E-state index contributed by atoms with van der Waals surface area (Å²) < 4.78 is 43.2. The zero-order valence-electron chi connectivity index (χ0n) is 23.5. The highest BCUT2D eigenvalue weighted by Gasteiger charge is 2.31. The highest BCUT2D eigenvalue weighted by atomic mass is 32.2. The molecule has 0 fully saturated rings. The van der Waals surface area contributed by atoms with E-state index in [0.29, 0.717) is 23.4 Å². The van der Waals surface area contributed by atoms with Crippen LogP contribution in [0.25, 0.3) is 11.1 Å². The predicted octanol–water partition coefficient (Wildman–Crippen LogP) is 6.72. The molecule has 0 radical (unpaired) electrons. The average Bonchev–Trinajstić information content (AvgIpc) is 3.35. The Balaban J connectivity index is 1.75. The number of halogens is 3. The summed E-state index contributed by atoms with van der Waals surface area (Å²) in [6.07, 6.45) is 6.64. The van der Waals surface area contributed by atoms with Crippen LogP contribution in [0.15, 0.2) is 90.9 Å². The second kappa shape index (κ2) is 12.4. The molecular formula is C32H36F3N5S. The molecule has 0 saturated heterocycles. The van der Waals surface area contributed by atoms with Crippen LogP contribution in [0.1, 0.15) is 43.6 Å². The summed E-state index contributed by atoms with van der Waals surface area (Å²) in [4.78, 5) is 6.67. The van der Waals surface area contributed by atoms with Crippen LogP contribution in [-0.4, -0.2) is 32.6 Å². The van der Waals surface area contributed by atoms with Gasteiger partial charge in [-0.2, -0.15) is 10.5 Å². The van der Waals surface area contributed by atoms with Crippen molar-refractivity contribution in [3.8, 4) is 11.1 Å². The van der Waals surface area contributed by atoms with Crippen molar-refractivity contribution in [2.45, 2.75) is 44.8 Å². The average molecular weight is 580 g/mol. The van der Waals surface area contributed by atoms with Crippen molar-refractivity contribution in [2.24, 2.45) is 11.6 Å². The minimum Gasteiger partial charge on any atom is -0.403 e. The van der Waals surface area contributed by atoms with Crippen LogP contribution in [0.4, 0.5) is 13.2 Å². The van der Waals surface area contributed by atoms with E-state index in [1.165, 1.54) is 29.5 Å². The number of nitrogens with two attached hydrogens (primary N) is 2. The maximum absolute atomic E-state index is 15.8. The number of hydrogen-bond acceptors (Lipinski definition) is 5. The van der Waals surface area contributed by atoms with Crippen LogP contribution >= 0.6 is 10.5 Å². The van der Waals surface area contributed by atoms with Crippen molar-refractivity contribution >= 4 is 16.4 Å². The molecule has 2 aromatic carbocycles. The molecule has 0 saturated carbocycles. The molecule has 0 aliphatic carbocycles. The van der Waals surface area contributed by atoms with Gasteiger partial charge in [0.25, 0.3) is 0 Å². The Morgan fingerprint density at radius 3 is 2.34 bits per heavy atom. The van der Waals surface area contributed by atoms with E-state index < -0.39 is 23.5 Å². The number of aromatic nitrogens is 1. The Morgan fingerprint density at radius 2 is 1.76 bits per heavy atom. The van der Waals surface area contributed by atoms with Crippen LogP contribution < -0.4 is 11.6 Å². The highest BCUT2D eigenvalue weighted by molar-refractivity contribution is 8.16. The van der Waals surface area contributed by atoms with E-state index >= 15 is 4.39 Å². The molecule has 3 unspecified atom stereocenters. The van der Waals surface area contributed by atoms with Gasteiger partial charge < -0.3 is 15.6 Å². The number of hydrogen-bond donors (Lipinski definition) is 2. The van der Waals surface area contributed by atoms with E-state index in [2.05, 4.69) is 60.7 Å². The number of rotatable bonds is 9. The van der Waals surface area contributed by atoms with Crippen molar-refractivity contribution in [3.63, 3.8) is 0 Å². The molecule has 1 aliphatic rings. The molecule has 0 bridgehead atoms. The molecule has 1 aliphatic heterocycles. The summed E-state index contributed by atoms with van der Waals surface area (Å²) in [6, 6.07) is 11.2. The molecule has 9 heteroatoms. The molecule has 1 aromatic heterocycles. The first kappa shape index (κ1) is 30.1. The normalized spacial score (nSPS) is 17.6. The molecule has 4 N–H and O–H groups in total. The van der Waals surface area contributed by atoms with Crippen molar-refractivity contribution in [3.05, 3.63) is 125 Å². The second-order valence-electron chi connectivity index (χ2n) is 11.1. The van der Waals surface area contributed by atoms with Gasteiger partial charge in [-0.25, -0.2) is 19.0 Å². The molecule has 41 heavy (non-hydrogen) atoms. The monoisotopic (exact) mass is 579 g/mol. The fraction of sp³-hybridized carbons (Fsp3) is 0.250. The van der Waals surface area contributed by atoms with E-state index in [0.717, 1.165) is 29.1 Å². The van der Waals surface area contributed by atoms with Crippen LogP contribution in [-0.2, 0) is 12.0 Å². The van der Waals surface area contributed by atoms with E-state index in [4.69, 9.17) is 11.6 Å². The van der Waals surface area contributed by atoms with Gasteiger partial charge in [-0.1, -0.05) is 57.5 Å². The molecule has 216 valence electrons. The van der Waals surface area contributed by atoms with Gasteiger partial charge in [-0.05, 0) is 52.4 Å². The summed E-state index contributed by atoms with van der Waals surface area (Å²) in [6.45, 7) is 11.2. The first-order chi connectivity index (χ1) is 19.4. The number of benzene rings is 2. The maximum Gasteiger partial charge on any atom is 0.159 e.